The van der Waals surface area contributed by atoms with E-state index >= 15 is 0 Å². The number of anilines is 2. The number of hydrogen-bond donors (Lipinski definition) is 0. The van der Waals surface area contributed by atoms with E-state index in [4.69, 9.17) is 21.1 Å². The zero-order valence-electron chi connectivity index (χ0n) is 13.3. The number of morpholine rings is 1. The first-order chi connectivity index (χ1) is 11.1. The number of amides is 2. The summed E-state index contributed by atoms with van der Waals surface area (Å²) in [6.45, 7) is 3.58. The second kappa shape index (κ2) is 8.17. The highest BCUT2D eigenvalue weighted by Gasteiger charge is 2.22. The van der Waals surface area contributed by atoms with Crippen LogP contribution in [0.2, 0.25) is 0 Å². The maximum Gasteiger partial charge on any atom is 0.414 e. The third-order valence-corrected chi connectivity index (χ3v) is 4.14. The predicted molar refractivity (Wildman–Crippen MR) is 89.2 cm³/mol. The van der Waals surface area contributed by atoms with E-state index in [1.165, 1.54) is 12.0 Å². The molecule has 0 N–H and O–H groups in total. The average molecular weight is 341 g/mol. The fourth-order valence-corrected chi connectivity index (χ4v) is 2.46. The van der Waals surface area contributed by atoms with Crippen LogP contribution >= 0.6 is 11.6 Å². The van der Waals surface area contributed by atoms with Gasteiger partial charge in [-0.05, 0) is 30.2 Å². The minimum absolute atomic E-state index is 0.0652. The van der Waals surface area contributed by atoms with Crippen LogP contribution in [0.1, 0.15) is 6.92 Å². The lowest BCUT2D eigenvalue weighted by molar-refractivity contribution is -0.125. The molecule has 0 aliphatic carbocycles. The molecule has 1 aromatic rings. The second-order valence-corrected chi connectivity index (χ2v) is 5.76. The van der Waals surface area contributed by atoms with E-state index in [0.717, 1.165) is 5.69 Å². The Morgan fingerprint density at radius 3 is 2.70 bits per heavy atom. The molecule has 23 heavy (non-hydrogen) atoms. The Hall–Kier alpha value is -1.79. The molecule has 1 aliphatic rings. The summed E-state index contributed by atoms with van der Waals surface area (Å²) in [5.74, 6) is 0.522. The zero-order chi connectivity index (χ0) is 16.8. The van der Waals surface area contributed by atoms with Crippen molar-refractivity contribution in [3.8, 4) is 0 Å². The Morgan fingerprint density at radius 2 is 2.13 bits per heavy atom. The van der Waals surface area contributed by atoms with Gasteiger partial charge in [-0.15, -0.1) is 11.6 Å². The fraction of sp³-hybridized carbons (Fsp3) is 0.500. The van der Waals surface area contributed by atoms with Crippen molar-refractivity contribution in [2.75, 3.05) is 49.1 Å². The molecule has 0 unspecified atom stereocenters. The third kappa shape index (κ3) is 4.36. The molecule has 0 saturated carbocycles. The first-order valence-electron chi connectivity index (χ1n) is 7.46. The van der Waals surface area contributed by atoms with Gasteiger partial charge in [-0.1, -0.05) is 6.92 Å². The Balaban J connectivity index is 2.17. The maximum atomic E-state index is 12.0. The van der Waals surface area contributed by atoms with Crippen LogP contribution in [0.5, 0.6) is 0 Å². The summed E-state index contributed by atoms with van der Waals surface area (Å²) in [5.41, 5.74) is 1.50. The summed E-state index contributed by atoms with van der Waals surface area (Å²) in [5, 5.41) is 0. The SMILES string of the molecule is COC(=O)N(C[C@H](C)CCl)c1ccc(N2CCOCC2=O)cc1. The van der Waals surface area contributed by atoms with Crippen LogP contribution in [0.15, 0.2) is 24.3 Å². The number of carbonyl (C=O) groups is 2. The molecule has 1 aromatic carbocycles. The van der Waals surface area contributed by atoms with E-state index in [1.807, 2.05) is 19.1 Å². The molecule has 1 heterocycles. The molecule has 1 aliphatic heterocycles. The van der Waals surface area contributed by atoms with Crippen LogP contribution in [0.3, 0.4) is 0 Å². The molecule has 6 nitrogen and oxygen atoms in total. The van der Waals surface area contributed by atoms with Crippen molar-refractivity contribution in [2.24, 2.45) is 5.92 Å². The van der Waals surface area contributed by atoms with Crippen LogP contribution in [-0.4, -0.2) is 51.3 Å². The molecular formula is C16H21ClN2O4. The minimum atomic E-state index is -0.433. The standard InChI is InChI=1S/C16H21ClN2O4/c1-12(9-17)10-19(16(21)22-2)14-5-3-13(4-6-14)18-7-8-23-11-15(18)20/h3-6,12H,7-11H2,1-2H3/t12-/m1/s1. The number of alkyl halides is 1. The van der Waals surface area contributed by atoms with Crippen molar-refractivity contribution in [3.05, 3.63) is 24.3 Å². The number of nitrogens with zero attached hydrogens (tertiary/aromatic N) is 2. The zero-order valence-corrected chi connectivity index (χ0v) is 14.1. The molecule has 0 bridgehead atoms. The largest absolute Gasteiger partial charge is 0.452 e. The van der Waals surface area contributed by atoms with Gasteiger partial charge in [-0.3, -0.25) is 9.69 Å². The first kappa shape index (κ1) is 17.6. The van der Waals surface area contributed by atoms with E-state index in [1.54, 1.807) is 17.0 Å². The lowest BCUT2D eigenvalue weighted by Gasteiger charge is -2.28. The number of carbonyl (C=O) groups excluding carboxylic acids is 2. The van der Waals surface area contributed by atoms with Crippen molar-refractivity contribution < 1.29 is 19.1 Å². The van der Waals surface area contributed by atoms with Gasteiger partial charge in [0, 0.05) is 30.3 Å². The third-order valence-electron chi connectivity index (χ3n) is 3.61. The summed E-state index contributed by atoms with van der Waals surface area (Å²) in [4.78, 5) is 27.1. The molecule has 0 radical (unpaired) electrons. The van der Waals surface area contributed by atoms with Gasteiger partial charge in [-0.2, -0.15) is 0 Å². The van der Waals surface area contributed by atoms with E-state index in [0.29, 0.717) is 31.3 Å². The Bertz CT molecular complexity index is 550. The molecule has 7 heteroatoms. The quantitative estimate of drug-likeness (QED) is 0.773. The molecule has 0 aromatic heterocycles. The van der Waals surface area contributed by atoms with Crippen molar-refractivity contribution in [3.63, 3.8) is 0 Å². The normalized spacial score (nSPS) is 16.1. The van der Waals surface area contributed by atoms with Crippen LogP contribution in [-0.2, 0) is 14.3 Å². The molecule has 2 rings (SSSR count). The topological polar surface area (TPSA) is 59.1 Å². The Morgan fingerprint density at radius 1 is 1.43 bits per heavy atom. The summed E-state index contributed by atoms with van der Waals surface area (Å²) in [6, 6.07) is 7.24. The summed E-state index contributed by atoms with van der Waals surface area (Å²) >= 11 is 5.84. The lowest BCUT2D eigenvalue weighted by Crippen LogP contribution is -2.41. The van der Waals surface area contributed by atoms with Gasteiger partial charge >= 0.3 is 6.09 Å². The maximum absolute atomic E-state index is 12.0. The molecule has 1 fully saturated rings. The number of ether oxygens (including phenoxy) is 2. The molecular weight excluding hydrogens is 320 g/mol. The monoisotopic (exact) mass is 340 g/mol. The minimum Gasteiger partial charge on any atom is -0.452 e. The molecule has 0 spiro atoms. The molecule has 2 amide bonds. The Labute approximate surface area is 140 Å². The van der Waals surface area contributed by atoms with Crippen LogP contribution in [0.4, 0.5) is 16.2 Å². The smallest absolute Gasteiger partial charge is 0.414 e. The van der Waals surface area contributed by atoms with E-state index < -0.39 is 6.09 Å². The van der Waals surface area contributed by atoms with Crippen molar-refractivity contribution in [1.29, 1.82) is 0 Å². The van der Waals surface area contributed by atoms with Gasteiger partial charge in [-0.25, -0.2) is 4.79 Å². The molecule has 1 atom stereocenters. The summed E-state index contributed by atoms with van der Waals surface area (Å²) in [6.07, 6.45) is -0.433. The summed E-state index contributed by atoms with van der Waals surface area (Å²) < 4.78 is 9.96. The summed E-state index contributed by atoms with van der Waals surface area (Å²) in [7, 11) is 1.35. The highest BCUT2D eigenvalue weighted by Crippen LogP contribution is 2.23. The average Bonchev–Trinajstić information content (AvgIpc) is 2.59. The molecule has 126 valence electrons. The van der Waals surface area contributed by atoms with Gasteiger partial charge in [0.1, 0.15) is 6.61 Å². The van der Waals surface area contributed by atoms with E-state index in [9.17, 15) is 9.59 Å². The van der Waals surface area contributed by atoms with Gasteiger partial charge in [0.05, 0.1) is 13.7 Å². The van der Waals surface area contributed by atoms with Gasteiger partial charge < -0.3 is 14.4 Å². The molecule has 1 saturated heterocycles. The number of methoxy groups -OCH3 is 1. The highest BCUT2D eigenvalue weighted by atomic mass is 35.5. The van der Waals surface area contributed by atoms with Crippen molar-refractivity contribution in [1.82, 2.24) is 0 Å². The first-order valence-corrected chi connectivity index (χ1v) is 8.00. The lowest BCUT2D eigenvalue weighted by atomic mass is 10.2. The fourth-order valence-electron chi connectivity index (χ4n) is 2.36. The van der Waals surface area contributed by atoms with Crippen LogP contribution < -0.4 is 9.80 Å². The van der Waals surface area contributed by atoms with Crippen molar-refractivity contribution >= 4 is 35.0 Å². The second-order valence-electron chi connectivity index (χ2n) is 5.45. The number of rotatable bonds is 5. The van der Waals surface area contributed by atoms with Crippen LogP contribution in [0, 0.1) is 5.92 Å². The highest BCUT2D eigenvalue weighted by molar-refractivity contribution is 6.18. The van der Waals surface area contributed by atoms with Crippen molar-refractivity contribution in [2.45, 2.75) is 6.92 Å². The van der Waals surface area contributed by atoms with Gasteiger partial charge in [0.25, 0.3) is 5.91 Å². The van der Waals surface area contributed by atoms with Gasteiger partial charge in [0.15, 0.2) is 0 Å². The van der Waals surface area contributed by atoms with E-state index in [-0.39, 0.29) is 18.4 Å². The number of halogens is 1. The Kier molecular flexibility index (Phi) is 6.24. The van der Waals surface area contributed by atoms with E-state index in [2.05, 4.69) is 0 Å². The number of benzene rings is 1. The van der Waals surface area contributed by atoms with Gasteiger partial charge in [0.2, 0.25) is 0 Å². The predicted octanol–water partition coefficient (Wildman–Crippen LogP) is 2.50. The van der Waals surface area contributed by atoms with Crippen LogP contribution in [0.25, 0.3) is 0 Å². The number of hydrogen-bond acceptors (Lipinski definition) is 4.